The third-order valence-electron chi connectivity index (χ3n) is 5.00. The molecule has 0 heterocycles. The molecule has 1 aliphatic carbocycles. The molecule has 2 aromatic rings. The molecule has 0 aliphatic heterocycles. The first-order valence-electron chi connectivity index (χ1n) is 9.61. The fourth-order valence-corrected chi connectivity index (χ4v) is 3.42. The van der Waals surface area contributed by atoms with Crippen molar-refractivity contribution in [2.24, 2.45) is 0 Å². The Morgan fingerprint density at radius 1 is 1.00 bits per heavy atom. The van der Waals surface area contributed by atoms with Gasteiger partial charge in [-0.3, -0.25) is 9.59 Å². The van der Waals surface area contributed by atoms with Crippen LogP contribution in [0.1, 0.15) is 54.6 Å². The van der Waals surface area contributed by atoms with E-state index >= 15 is 0 Å². The number of hydrogen-bond acceptors (Lipinski definition) is 3. The van der Waals surface area contributed by atoms with Crippen molar-refractivity contribution in [2.75, 3.05) is 11.9 Å². The van der Waals surface area contributed by atoms with Gasteiger partial charge in [0.1, 0.15) is 0 Å². The van der Waals surface area contributed by atoms with Crippen LogP contribution in [0.15, 0.2) is 54.6 Å². The summed E-state index contributed by atoms with van der Waals surface area (Å²) in [6, 6.07) is 17.4. The van der Waals surface area contributed by atoms with Gasteiger partial charge in [-0.05, 0) is 37.5 Å². The molecule has 1 saturated carbocycles. The van der Waals surface area contributed by atoms with Gasteiger partial charge in [0.15, 0.2) is 0 Å². The molecule has 27 heavy (non-hydrogen) atoms. The van der Waals surface area contributed by atoms with E-state index in [1.54, 1.807) is 12.1 Å². The van der Waals surface area contributed by atoms with Crippen molar-refractivity contribution in [2.45, 2.75) is 44.7 Å². The van der Waals surface area contributed by atoms with Crippen LogP contribution in [0.25, 0.3) is 0 Å². The van der Waals surface area contributed by atoms with Crippen molar-refractivity contribution in [1.82, 2.24) is 10.6 Å². The van der Waals surface area contributed by atoms with Crippen LogP contribution in [0.5, 0.6) is 0 Å². The lowest BCUT2D eigenvalue weighted by molar-refractivity contribution is -0.115. The molecule has 2 amide bonds. The molecule has 0 saturated heterocycles. The van der Waals surface area contributed by atoms with Crippen LogP contribution < -0.4 is 16.0 Å². The maximum Gasteiger partial charge on any atom is 0.253 e. The van der Waals surface area contributed by atoms with Crippen molar-refractivity contribution in [1.29, 1.82) is 0 Å². The van der Waals surface area contributed by atoms with E-state index in [0.717, 1.165) is 31.2 Å². The molecule has 0 spiro atoms. The lowest BCUT2D eigenvalue weighted by Crippen LogP contribution is -2.34. The van der Waals surface area contributed by atoms with Crippen molar-refractivity contribution in [3.05, 3.63) is 65.7 Å². The van der Waals surface area contributed by atoms with Crippen LogP contribution >= 0.6 is 0 Å². The summed E-state index contributed by atoms with van der Waals surface area (Å²) in [5.74, 6) is -0.290. The minimum absolute atomic E-state index is 0.0675. The summed E-state index contributed by atoms with van der Waals surface area (Å²) in [6.45, 7) is 2.19. The molecule has 1 atom stereocenters. The summed E-state index contributed by atoms with van der Waals surface area (Å²) in [5, 5.41) is 9.15. The Hall–Kier alpha value is -2.66. The summed E-state index contributed by atoms with van der Waals surface area (Å²) >= 11 is 0. The fraction of sp³-hybridized carbons (Fsp3) is 0.364. The van der Waals surface area contributed by atoms with Crippen molar-refractivity contribution in [3.8, 4) is 0 Å². The lowest BCUT2D eigenvalue weighted by Gasteiger charge is -2.16. The highest BCUT2D eigenvalue weighted by atomic mass is 16.2. The van der Waals surface area contributed by atoms with E-state index in [4.69, 9.17) is 0 Å². The van der Waals surface area contributed by atoms with Crippen LogP contribution in [0.3, 0.4) is 0 Å². The van der Waals surface area contributed by atoms with Gasteiger partial charge in [-0.15, -0.1) is 0 Å². The van der Waals surface area contributed by atoms with Gasteiger partial charge in [0, 0.05) is 12.1 Å². The van der Waals surface area contributed by atoms with Gasteiger partial charge in [-0.25, -0.2) is 0 Å². The monoisotopic (exact) mass is 365 g/mol. The van der Waals surface area contributed by atoms with Crippen LogP contribution in [-0.4, -0.2) is 24.4 Å². The molecule has 2 aromatic carbocycles. The van der Waals surface area contributed by atoms with Gasteiger partial charge in [-0.2, -0.15) is 0 Å². The second-order valence-corrected chi connectivity index (χ2v) is 7.06. The summed E-state index contributed by atoms with van der Waals surface area (Å²) in [4.78, 5) is 24.9. The van der Waals surface area contributed by atoms with Gasteiger partial charge in [0.2, 0.25) is 5.91 Å². The van der Waals surface area contributed by atoms with Gasteiger partial charge in [0.05, 0.1) is 17.8 Å². The molecule has 0 radical (unpaired) electrons. The van der Waals surface area contributed by atoms with E-state index in [0.29, 0.717) is 11.3 Å². The Morgan fingerprint density at radius 3 is 2.41 bits per heavy atom. The van der Waals surface area contributed by atoms with Crippen molar-refractivity contribution in [3.63, 3.8) is 0 Å². The van der Waals surface area contributed by atoms with Gasteiger partial charge >= 0.3 is 0 Å². The molecule has 5 nitrogen and oxygen atoms in total. The van der Waals surface area contributed by atoms with E-state index in [1.807, 2.05) is 49.4 Å². The highest BCUT2D eigenvalue weighted by molar-refractivity contribution is 6.04. The zero-order chi connectivity index (χ0) is 19.1. The Morgan fingerprint density at radius 2 is 1.67 bits per heavy atom. The minimum Gasteiger partial charge on any atom is -0.349 e. The quantitative estimate of drug-likeness (QED) is 0.701. The van der Waals surface area contributed by atoms with Crippen LogP contribution in [-0.2, 0) is 4.79 Å². The molecule has 0 bridgehead atoms. The second-order valence-electron chi connectivity index (χ2n) is 7.06. The van der Waals surface area contributed by atoms with E-state index in [1.165, 1.54) is 0 Å². The topological polar surface area (TPSA) is 70.2 Å². The molecule has 0 unspecified atom stereocenters. The summed E-state index contributed by atoms with van der Waals surface area (Å²) in [5.41, 5.74) is 2.18. The van der Waals surface area contributed by atoms with Crippen LogP contribution in [0.2, 0.25) is 0 Å². The lowest BCUT2D eigenvalue weighted by atomic mass is 10.1. The van der Waals surface area contributed by atoms with Gasteiger partial charge < -0.3 is 16.0 Å². The predicted molar refractivity (Wildman–Crippen MR) is 108 cm³/mol. The van der Waals surface area contributed by atoms with E-state index in [-0.39, 0.29) is 30.4 Å². The molecule has 1 fully saturated rings. The van der Waals surface area contributed by atoms with Gasteiger partial charge in [-0.1, -0.05) is 55.3 Å². The second kappa shape index (κ2) is 9.33. The summed E-state index contributed by atoms with van der Waals surface area (Å²) in [7, 11) is 0. The molecule has 3 N–H and O–H groups in total. The highest BCUT2D eigenvalue weighted by Crippen LogP contribution is 2.20. The van der Waals surface area contributed by atoms with E-state index in [2.05, 4.69) is 16.0 Å². The predicted octanol–water partition coefficient (Wildman–Crippen LogP) is 3.65. The zero-order valence-corrected chi connectivity index (χ0v) is 15.7. The number of benzene rings is 2. The number of nitrogens with one attached hydrogen (secondary N) is 3. The number of anilines is 1. The Labute approximate surface area is 160 Å². The summed E-state index contributed by atoms with van der Waals surface area (Å²) < 4.78 is 0. The number of amides is 2. The van der Waals surface area contributed by atoms with Crippen LogP contribution in [0, 0.1) is 0 Å². The molecule has 0 aromatic heterocycles. The Bertz CT molecular complexity index is 770. The molecular weight excluding hydrogens is 338 g/mol. The fourth-order valence-electron chi connectivity index (χ4n) is 3.42. The maximum atomic E-state index is 12.6. The third-order valence-corrected chi connectivity index (χ3v) is 5.00. The minimum atomic E-state index is -0.168. The smallest absolute Gasteiger partial charge is 0.253 e. The van der Waals surface area contributed by atoms with E-state index in [9.17, 15) is 9.59 Å². The molecule has 1 aliphatic rings. The highest BCUT2D eigenvalue weighted by Gasteiger charge is 2.20. The average molecular weight is 365 g/mol. The van der Waals surface area contributed by atoms with Crippen LogP contribution in [0.4, 0.5) is 5.69 Å². The Balaban J connectivity index is 1.56. The van der Waals surface area contributed by atoms with E-state index < -0.39 is 0 Å². The molecule has 3 rings (SSSR count). The normalized spacial score (nSPS) is 15.3. The first kappa shape index (κ1) is 19.1. The Kier molecular flexibility index (Phi) is 6.60. The number of rotatable bonds is 7. The SMILES string of the molecule is C[C@H](NCC(=O)Nc1ccccc1C(=O)NC1CCCC1)c1ccccc1. The number of hydrogen-bond donors (Lipinski definition) is 3. The third kappa shape index (κ3) is 5.41. The number of para-hydroxylation sites is 1. The van der Waals surface area contributed by atoms with Crippen molar-refractivity contribution < 1.29 is 9.59 Å². The number of carbonyl (C=O) groups excluding carboxylic acids is 2. The van der Waals surface area contributed by atoms with Crippen molar-refractivity contribution >= 4 is 17.5 Å². The molecular formula is C22H27N3O2. The summed E-state index contributed by atoms with van der Waals surface area (Å²) in [6.07, 6.45) is 4.38. The maximum absolute atomic E-state index is 12.6. The molecule has 5 heteroatoms. The number of carbonyl (C=O) groups is 2. The standard InChI is InChI=1S/C22H27N3O2/c1-16(17-9-3-2-4-10-17)23-15-21(26)25-20-14-8-7-13-19(20)22(27)24-18-11-5-6-12-18/h2-4,7-10,13-14,16,18,23H,5-6,11-12,15H2,1H3,(H,24,27)(H,25,26)/t16-/m0/s1. The zero-order valence-electron chi connectivity index (χ0n) is 15.7. The average Bonchev–Trinajstić information content (AvgIpc) is 3.20. The first-order chi connectivity index (χ1) is 13.1. The van der Waals surface area contributed by atoms with Gasteiger partial charge in [0.25, 0.3) is 5.91 Å². The first-order valence-corrected chi connectivity index (χ1v) is 9.61. The molecule has 142 valence electrons. The largest absolute Gasteiger partial charge is 0.349 e.